The van der Waals surface area contributed by atoms with Gasteiger partial charge in [-0.2, -0.15) is 0 Å². The summed E-state index contributed by atoms with van der Waals surface area (Å²) in [7, 11) is 0. The van der Waals surface area contributed by atoms with Gasteiger partial charge in [-0.1, -0.05) is 41.0 Å². The Morgan fingerprint density at radius 3 is 2.63 bits per heavy atom. The first-order valence-corrected chi connectivity index (χ1v) is 8.00. The van der Waals surface area contributed by atoms with Gasteiger partial charge >= 0.3 is 0 Å². The molecule has 0 aliphatic carbocycles. The van der Waals surface area contributed by atoms with Crippen LogP contribution in [0.3, 0.4) is 0 Å². The van der Waals surface area contributed by atoms with E-state index in [9.17, 15) is 0 Å². The van der Waals surface area contributed by atoms with Crippen molar-refractivity contribution in [3.05, 3.63) is 0 Å². The maximum absolute atomic E-state index is 5.63. The van der Waals surface area contributed by atoms with Crippen molar-refractivity contribution in [3.63, 3.8) is 0 Å². The molecule has 2 aliphatic heterocycles. The quantitative estimate of drug-likeness (QED) is 0.851. The minimum absolute atomic E-state index is 0.329. The standard InChI is InChI=1S/C16H32N2O/c1-6-12(2)14-10-18(13-7-8-19-11-13)15(9-17-14)16(3,4)5/h12-15,17H,6-11H2,1-5H3. The van der Waals surface area contributed by atoms with Crippen LogP contribution >= 0.6 is 0 Å². The molecule has 3 nitrogen and oxygen atoms in total. The molecule has 0 bridgehead atoms. The SMILES string of the molecule is CCC(C)C1CN(C2CCOC2)C(C(C)(C)C)CN1. The zero-order valence-corrected chi connectivity index (χ0v) is 13.4. The van der Waals surface area contributed by atoms with Crippen LogP contribution in [0.25, 0.3) is 0 Å². The van der Waals surface area contributed by atoms with Crippen LogP contribution in [0.5, 0.6) is 0 Å². The highest BCUT2D eigenvalue weighted by molar-refractivity contribution is 4.97. The molecular weight excluding hydrogens is 236 g/mol. The number of hydrogen-bond donors (Lipinski definition) is 1. The normalized spacial score (nSPS) is 35.5. The predicted molar refractivity (Wildman–Crippen MR) is 80.4 cm³/mol. The molecule has 2 aliphatic rings. The summed E-state index contributed by atoms with van der Waals surface area (Å²) in [6.45, 7) is 16.0. The average molecular weight is 268 g/mol. The summed E-state index contributed by atoms with van der Waals surface area (Å²) in [5, 5.41) is 3.80. The maximum Gasteiger partial charge on any atom is 0.0622 e. The average Bonchev–Trinajstić information content (AvgIpc) is 2.89. The van der Waals surface area contributed by atoms with Crippen LogP contribution in [-0.2, 0) is 4.74 Å². The van der Waals surface area contributed by atoms with Crippen LogP contribution in [0.4, 0.5) is 0 Å². The molecule has 4 unspecified atom stereocenters. The van der Waals surface area contributed by atoms with Crippen LogP contribution < -0.4 is 5.32 Å². The van der Waals surface area contributed by atoms with Gasteiger partial charge in [0.2, 0.25) is 0 Å². The molecule has 3 heteroatoms. The summed E-state index contributed by atoms with van der Waals surface area (Å²) in [6.07, 6.45) is 2.46. The Kier molecular flexibility index (Phi) is 4.91. The Labute approximate surface area is 119 Å². The van der Waals surface area contributed by atoms with Gasteiger partial charge in [0.25, 0.3) is 0 Å². The van der Waals surface area contributed by atoms with Crippen molar-refractivity contribution in [3.8, 4) is 0 Å². The van der Waals surface area contributed by atoms with E-state index in [1.807, 2.05) is 0 Å². The van der Waals surface area contributed by atoms with E-state index in [1.54, 1.807) is 0 Å². The second kappa shape index (κ2) is 6.11. The minimum Gasteiger partial charge on any atom is -0.380 e. The summed E-state index contributed by atoms with van der Waals surface area (Å²) in [5.41, 5.74) is 0.329. The van der Waals surface area contributed by atoms with Gasteiger partial charge in [-0.05, 0) is 17.8 Å². The van der Waals surface area contributed by atoms with Gasteiger partial charge < -0.3 is 10.1 Å². The smallest absolute Gasteiger partial charge is 0.0622 e. The van der Waals surface area contributed by atoms with Gasteiger partial charge in [-0.3, -0.25) is 4.90 Å². The van der Waals surface area contributed by atoms with E-state index >= 15 is 0 Å². The summed E-state index contributed by atoms with van der Waals surface area (Å²) in [4.78, 5) is 2.75. The van der Waals surface area contributed by atoms with Crippen molar-refractivity contribution >= 4 is 0 Å². The number of nitrogens with zero attached hydrogens (tertiary/aromatic N) is 1. The Morgan fingerprint density at radius 2 is 2.11 bits per heavy atom. The fourth-order valence-electron chi connectivity index (χ4n) is 3.46. The number of piperazine rings is 1. The minimum atomic E-state index is 0.329. The lowest BCUT2D eigenvalue weighted by Crippen LogP contribution is -2.64. The van der Waals surface area contributed by atoms with Gasteiger partial charge in [0.05, 0.1) is 6.61 Å². The number of ether oxygens (including phenoxy) is 1. The summed E-state index contributed by atoms with van der Waals surface area (Å²) in [6, 6.07) is 1.90. The summed E-state index contributed by atoms with van der Waals surface area (Å²) < 4.78 is 5.63. The Bertz CT molecular complexity index is 281. The van der Waals surface area contributed by atoms with Gasteiger partial charge in [-0.25, -0.2) is 0 Å². The first-order chi connectivity index (χ1) is 8.93. The second-order valence-corrected chi connectivity index (χ2v) is 7.50. The molecular formula is C16H32N2O. The highest BCUT2D eigenvalue weighted by atomic mass is 16.5. The molecule has 0 radical (unpaired) electrons. The van der Waals surface area contributed by atoms with Crippen molar-refractivity contribution in [1.82, 2.24) is 10.2 Å². The molecule has 2 saturated heterocycles. The van der Waals surface area contributed by atoms with Crippen molar-refractivity contribution in [2.75, 3.05) is 26.3 Å². The predicted octanol–water partition coefficient (Wildman–Crippen LogP) is 2.51. The Hall–Kier alpha value is -0.120. The summed E-state index contributed by atoms with van der Waals surface area (Å²) >= 11 is 0. The van der Waals surface area contributed by atoms with Crippen molar-refractivity contribution in [2.45, 2.75) is 65.6 Å². The monoisotopic (exact) mass is 268 g/mol. The molecule has 2 heterocycles. The van der Waals surface area contributed by atoms with Crippen molar-refractivity contribution < 1.29 is 4.74 Å². The highest BCUT2D eigenvalue weighted by Gasteiger charge is 2.40. The first-order valence-electron chi connectivity index (χ1n) is 8.00. The van der Waals surface area contributed by atoms with Crippen LogP contribution in [-0.4, -0.2) is 49.3 Å². The molecule has 1 N–H and O–H groups in total. The third kappa shape index (κ3) is 3.50. The lowest BCUT2D eigenvalue weighted by Gasteiger charge is -2.49. The van der Waals surface area contributed by atoms with Gasteiger partial charge in [0, 0.05) is 37.8 Å². The molecule has 0 amide bonds. The van der Waals surface area contributed by atoms with E-state index in [1.165, 1.54) is 19.4 Å². The molecule has 2 fully saturated rings. The Balaban J connectivity index is 2.09. The first kappa shape index (κ1) is 15.3. The largest absolute Gasteiger partial charge is 0.380 e. The van der Waals surface area contributed by atoms with Crippen LogP contribution in [0.15, 0.2) is 0 Å². The lowest BCUT2D eigenvalue weighted by atomic mass is 9.81. The number of nitrogens with one attached hydrogen (secondary N) is 1. The van der Waals surface area contributed by atoms with Gasteiger partial charge in [0.1, 0.15) is 0 Å². The zero-order valence-electron chi connectivity index (χ0n) is 13.4. The molecule has 4 atom stereocenters. The van der Waals surface area contributed by atoms with E-state index in [0.29, 0.717) is 23.5 Å². The van der Waals surface area contributed by atoms with E-state index < -0.39 is 0 Å². The zero-order chi connectivity index (χ0) is 14.0. The molecule has 0 spiro atoms. The lowest BCUT2D eigenvalue weighted by molar-refractivity contribution is 0.00748. The fraction of sp³-hybridized carbons (Fsp3) is 1.00. The third-order valence-electron chi connectivity index (χ3n) is 5.09. The van der Waals surface area contributed by atoms with E-state index in [-0.39, 0.29) is 0 Å². The van der Waals surface area contributed by atoms with Crippen molar-refractivity contribution in [1.29, 1.82) is 0 Å². The van der Waals surface area contributed by atoms with Crippen molar-refractivity contribution in [2.24, 2.45) is 11.3 Å². The number of hydrogen-bond acceptors (Lipinski definition) is 3. The van der Waals surface area contributed by atoms with Crippen LogP contribution in [0, 0.1) is 11.3 Å². The molecule has 2 rings (SSSR count). The molecule has 0 aromatic heterocycles. The van der Waals surface area contributed by atoms with Crippen LogP contribution in [0.1, 0.15) is 47.5 Å². The summed E-state index contributed by atoms with van der Waals surface area (Å²) in [5.74, 6) is 0.755. The highest BCUT2D eigenvalue weighted by Crippen LogP contribution is 2.31. The molecule has 112 valence electrons. The third-order valence-corrected chi connectivity index (χ3v) is 5.09. The van der Waals surface area contributed by atoms with Gasteiger partial charge in [-0.15, -0.1) is 0 Å². The molecule has 0 saturated carbocycles. The fourth-order valence-corrected chi connectivity index (χ4v) is 3.46. The maximum atomic E-state index is 5.63. The Morgan fingerprint density at radius 1 is 1.37 bits per heavy atom. The van der Waals surface area contributed by atoms with E-state index in [0.717, 1.165) is 25.7 Å². The van der Waals surface area contributed by atoms with E-state index in [4.69, 9.17) is 4.74 Å². The molecule has 19 heavy (non-hydrogen) atoms. The second-order valence-electron chi connectivity index (χ2n) is 7.50. The van der Waals surface area contributed by atoms with Crippen LogP contribution in [0.2, 0.25) is 0 Å². The molecule has 0 aromatic carbocycles. The van der Waals surface area contributed by atoms with Gasteiger partial charge in [0.15, 0.2) is 0 Å². The molecule has 0 aromatic rings. The van der Waals surface area contributed by atoms with E-state index in [2.05, 4.69) is 44.8 Å². The topological polar surface area (TPSA) is 24.5 Å². The number of rotatable bonds is 3.